The molecule has 0 unspecified atom stereocenters. The van der Waals surface area contributed by atoms with Crippen LogP contribution in [-0.4, -0.2) is 22.2 Å². The van der Waals surface area contributed by atoms with Crippen molar-refractivity contribution in [3.63, 3.8) is 0 Å². The average Bonchev–Trinajstić information content (AvgIpc) is 2.29. The summed E-state index contributed by atoms with van der Waals surface area (Å²) in [6, 6.07) is 7.63. The molecule has 0 atom stereocenters. The molecule has 4 N–H and O–H groups in total. The number of hydrogen-bond donors (Lipinski definition) is 3. The lowest BCUT2D eigenvalue weighted by Gasteiger charge is -2.26. The number of nitrogens with zero attached hydrogens (tertiary/aromatic N) is 1. The highest BCUT2D eigenvalue weighted by molar-refractivity contribution is 5.93. The summed E-state index contributed by atoms with van der Waals surface area (Å²) in [5.74, 6) is 0. The molecule has 96 valence electrons. The predicted octanol–water partition coefficient (Wildman–Crippen LogP) is 2.31. The molecule has 0 amide bonds. The van der Waals surface area contributed by atoms with Crippen molar-refractivity contribution in [2.75, 3.05) is 17.7 Å². The Hall–Kier alpha value is -1.81. The average molecular weight is 245 g/mol. The van der Waals surface area contributed by atoms with Crippen LogP contribution in [0.1, 0.15) is 19.5 Å². The third kappa shape index (κ3) is 2.54. The first-order valence-electron chi connectivity index (χ1n) is 5.97. The molecule has 0 saturated heterocycles. The minimum Gasteiger partial charge on any atom is -0.399 e. The predicted molar refractivity (Wildman–Crippen MR) is 75.7 cm³/mol. The van der Waals surface area contributed by atoms with E-state index in [1.165, 1.54) is 0 Å². The van der Waals surface area contributed by atoms with Crippen LogP contribution in [0.15, 0.2) is 24.3 Å². The zero-order valence-electron chi connectivity index (χ0n) is 11.0. The van der Waals surface area contributed by atoms with Gasteiger partial charge in [-0.1, -0.05) is 0 Å². The van der Waals surface area contributed by atoms with Crippen LogP contribution in [0.2, 0.25) is 0 Å². The number of fused-ring (bicyclic) bond motifs is 1. The quantitative estimate of drug-likeness (QED) is 0.726. The van der Waals surface area contributed by atoms with Gasteiger partial charge in [0.15, 0.2) is 0 Å². The SMILES string of the molecule is Cc1cc(NC(C)(C)CO)c2cc(N)ccc2n1. The van der Waals surface area contributed by atoms with Gasteiger partial charge in [-0.25, -0.2) is 0 Å². The fraction of sp³-hybridized carbons (Fsp3) is 0.357. The normalized spacial score (nSPS) is 11.8. The Morgan fingerprint density at radius 2 is 2.06 bits per heavy atom. The Morgan fingerprint density at radius 1 is 1.33 bits per heavy atom. The molecular weight excluding hydrogens is 226 g/mol. The molecule has 4 nitrogen and oxygen atoms in total. The number of nitrogens with two attached hydrogens (primary N) is 1. The Labute approximate surface area is 107 Å². The minimum absolute atomic E-state index is 0.0537. The van der Waals surface area contributed by atoms with Crippen LogP contribution in [-0.2, 0) is 0 Å². The van der Waals surface area contributed by atoms with Gasteiger partial charge in [0.2, 0.25) is 0 Å². The number of rotatable bonds is 3. The summed E-state index contributed by atoms with van der Waals surface area (Å²) >= 11 is 0. The van der Waals surface area contributed by atoms with Crippen molar-refractivity contribution in [2.45, 2.75) is 26.3 Å². The van der Waals surface area contributed by atoms with Crippen molar-refractivity contribution in [2.24, 2.45) is 0 Å². The van der Waals surface area contributed by atoms with Gasteiger partial charge in [-0.05, 0) is 45.0 Å². The molecule has 1 aromatic carbocycles. The van der Waals surface area contributed by atoms with Crippen molar-refractivity contribution in [3.8, 4) is 0 Å². The maximum Gasteiger partial charge on any atom is 0.0727 e. The molecule has 1 aromatic heterocycles. The lowest BCUT2D eigenvalue weighted by molar-refractivity contribution is 0.234. The van der Waals surface area contributed by atoms with Gasteiger partial charge in [-0.15, -0.1) is 0 Å². The number of pyridine rings is 1. The van der Waals surface area contributed by atoms with Crippen LogP contribution in [0.3, 0.4) is 0 Å². The number of benzene rings is 1. The van der Waals surface area contributed by atoms with Gasteiger partial charge in [-0.2, -0.15) is 0 Å². The molecule has 4 heteroatoms. The molecule has 0 aliphatic carbocycles. The van der Waals surface area contributed by atoms with E-state index < -0.39 is 0 Å². The molecule has 0 spiro atoms. The first-order chi connectivity index (χ1) is 8.41. The van der Waals surface area contributed by atoms with E-state index in [1.807, 2.05) is 45.0 Å². The largest absolute Gasteiger partial charge is 0.399 e. The first kappa shape index (κ1) is 12.6. The second-order valence-electron chi connectivity index (χ2n) is 5.25. The van der Waals surface area contributed by atoms with Gasteiger partial charge in [0, 0.05) is 22.5 Å². The lowest BCUT2D eigenvalue weighted by atomic mass is 10.0. The fourth-order valence-electron chi connectivity index (χ4n) is 1.88. The summed E-state index contributed by atoms with van der Waals surface area (Å²) in [4.78, 5) is 4.48. The number of anilines is 2. The molecular formula is C14H19N3O. The van der Waals surface area contributed by atoms with E-state index in [9.17, 15) is 5.11 Å². The second-order valence-corrected chi connectivity index (χ2v) is 5.25. The number of aliphatic hydroxyl groups excluding tert-OH is 1. The summed E-state index contributed by atoms with van der Waals surface area (Å²) in [5.41, 5.74) is 8.93. The topological polar surface area (TPSA) is 71.2 Å². The van der Waals surface area contributed by atoms with Gasteiger partial charge in [0.25, 0.3) is 0 Å². The third-order valence-electron chi connectivity index (χ3n) is 2.83. The Balaban J connectivity index is 2.58. The monoisotopic (exact) mass is 245 g/mol. The highest BCUT2D eigenvalue weighted by Gasteiger charge is 2.17. The Morgan fingerprint density at radius 3 is 2.72 bits per heavy atom. The first-order valence-corrected chi connectivity index (χ1v) is 5.97. The molecule has 2 aromatic rings. The molecule has 18 heavy (non-hydrogen) atoms. The van der Waals surface area contributed by atoms with Gasteiger partial charge < -0.3 is 16.2 Å². The maximum atomic E-state index is 9.35. The zero-order valence-corrected chi connectivity index (χ0v) is 11.0. The van der Waals surface area contributed by atoms with Gasteiger partial charge in [-0.3, -0.25) is 4.98 Å². The molecule has 0 bridgehead atoms. The van der Waals surface area contributed by atoms with E-state index in [1.54, 1.807) is 0 Å². The van der Waals surface area contributed by atoms with Crippen LogP contribution in [0.25, 0.3) is 10.9 Å². The number of hydrogen-bond acceptors (Lipinski definition) is 4. The number of aryl methyl sites for hydroxylation is 1. The fourth-order valence-corrected chi connectivity index (χ4v) is 1.88. The highest BCUT2D eigenvalue weighted by atomic mass is 16.3. The summed E-state index contributed by atoms with van der Waals surface area (Å²) in [6.45, 7) is 5.90. The highest BCUT2D eigenvalue weighted by Crippen LogP contribution is 2.27. The summed E-state index contributed by atoms with van der Waals surface area (Å²) in [5, 5.41) is 13.7. The van der Waals surface area contributed by atoms with E-state index >= 15 is 0 Å². The van der Waals surface area contributed by atoms with E-state index in [4.69, 9.17) is 5.73 Å². The van der Waals surface area contributed by atoms with Crippen molar-refractivity contribution in [1.82, 2.24) is 4.98 Å². The molecule has 1 heterocycles. The van der Waals surface area contributed by atoms with Crippen LogP contribution in [0.4, 0.5) is 11.4 Å². The molecule has 0 aliphatic heterocycles. The smallest absolute Gasteiger partial charge is 0.0727 e. The molecule has 0 fully saturated rings. The van der Waals surface area contributed by atoms with Crippen molar-refractivity contribution in [1.29, 1.82) is 0 Å². The van der Waals surface area contributed by atoms with Crippen LogP contribution >= 0.6 is 0 Å². The zero-order chi connectivity index (χ0) is 13.3. The Kier molecular flexibility index (Phi) is 3.13. The third-order valence-corrected chi connectivity index (χ3v) is 2.83. The number of nitrogens with one attached hydrogen (secondary N) is 1. The van der Waals surface area contributed by atoms with Crippen LogP contribution < -0.4 is 11.1 Å². The molecule has 2 rings (SSSR count). The van der Waals surface area contributed by atoms with Crippen molar-refractivity contribution in [3.05, 3.63) is 30.0 Å². The standard InChI is InChI=1S/C14H19N3O/c1-9-6-13(17-14(2,3)8-18)11-7-10(15)4-5-12(11)16-9/h4-7,18H,8,15H2,1-3H3,(H,16,17). The van der Waals surface area contributed by atoms with E-state index in [2.05, 4.69) is 10.3 Å². The number of nitrogen functional groups attached to an aromatic ring is 1. The molecule has 0 saturated carbocycles. The van der Waals surface area contributed by atoms with Crippen LogP contribution in [0.5, 0.6) is 0 Å². The van der Waals surface area contributed by atoms with E-state index in [0.29, 0.717) is 5.69 Å². The summed E-state index contributed by atoms with van der Waals surface area (Å²) < 4.78 is 0. The van der Waals surface area contributed by atoms with Crippen molar-refractivity contribution >= 4 is 22.3 Å². The molecule has 0 aliphatic rings. The summed E-state index contributed by atoms with van der Waals surface area (Å²) in [6.07, 6.45) is 0. The van der Waals surface area contributed by atoms with Gasteiger partial charge in [0.05, 0.1) is 17.7 Å². The lowest BCUT2D eigenvalue weighted by Crippen LogP contribution is -2.35. The number of aliphatic hydroxyl groups is 1. The van der Waals surface area contributed by atoms with E-state index in [0.717, 1.165) is 22.3 Å². The molecule has 0 radical (unpaired) electrons. The summed E-state index contributed by atoms with van der Waals surface area (Å²) in [7, 11) is 0. The van der Waals surface area contributed by atoms with Gasteiger partial charge >= 0.3 is 0 Å². The van der Waals surface area contributed by atoms with Crippen LogP contribution in [0, 0.1) is 6.92 Å². The number of aromatic nitrogens is 1. The van der Waals surface area contributed by atoms with Crippen molar-refractivity contribution < 1.29 is 5.11 Å². The van der Waals surface area contributed by atoms with E-state index in [-0.39, 0.29) is 12.1 Å². The maximum absolute atomic E-state index is 9.35. The van der Waals surface area contributed by atoms with Gasteiger partial charge in [0.1, 0.15) is 0 Å². The second kappa shape index (κ2) is 4.46. The minimum atomic E-state index is -0.384. The Bertz CT molecular complexity index is 579.